The van der Waals surface area contributed by atoms with Crippen LogP contribution in [-0.2, 0) is 49.1 Å². The molecule has 0 saturated carbocycles. The maximum absolute atomic E-state index is 13.3. The molecule has 1 aromatic carbocycles. The van der Waals surface area contributed by atoms with Gasteiger partial charge in [0.2, 0.25) is 6.20 Å². The number of hydrogen-bond acceptors (Lipinski definition) is 12. The van der Waals surface area contributed by atoms with E-state index in [1.54, 1.807) is 5.38 Å². The minimum Gasteiger partial charge on any atom is -0.486 e. The van der Waals surface area contributed by atoms with Crippen LogP contribution in [0.4, 0.5) is 5.13 Å². The normalized spacial score (nSPS) is 19.5. The minimum atomic E-state index is -4.92. The second-order valence-corrected chi connectivity index (χ2v) is 13.4. The molecule has 0 spiro atoms. The van der Waals surface area contributed by atoms with Crippen molar-refractivity contribution >= 4 is 44.3 Å². The highest BCUT2D eigenvalue weighted by Crippen LogP contribution is 2.41. The highest BCUT2D eigenvalue weighted by atomic mass is 32.3. The molecular formula is C28H36N7O8S2+. The molecule has 0 radical (unpaired) electrons. The van der Waals surface area contributed by atoms with Gasteiger partial charge in [-0.15, -0.1) is 20.3 Å². The number of hydrogen-bond donors (Lipinski definition) is 3. The highest BCUT2D eigenvalue weighted by Gasteiger charge is 2.57. The standard InChI is InChI=1S/C28H35N7O8S2/c1-28(2)21(26(37)35(28)43-45(38,39)40)12-23(36)25(22-16-44-27(30)31-22)32-41-15-20-7-5-18-11-17(6-8-24(18)42-20)19-13-33(3)34(14-19)10-4-9-29/h6,8,11,13-14,16,20-21H,4-5,7,9-10,12,15,29H2,1-3H3,(H2-,30,31,38,39,40)/p+1/b32-25-. The number of fused-ring (bicyclic) bond motifs is 1. The number of carbonyl (C=O) groups excluding carboxylic acids is 2. The van der Waals surface area contributed by atoms with Crippen LogP contribution in [0.5, 0.6) is 5.75 Å². The fourth-order valence-corrected chi connectivity index (χ4v) is 6.40. The van der Waals surface area contributed by atoms with Crippen LogP contribution in [-0.4, -0.2) is 69.9 Å². The lowest BCUT2D eigenvalue weighted by Gasteiger charge is -2.50. The van der Waals surface area contributed by atoms with Crippen LogP contribution in [0.3, 0.4) is 0 Å². The van der Waals surface area contributed by atoms with E-state index in [1.807, 2.05) is 23.9 Å². The van der Waals surface area contributed by atoms with Crippen LogP contribution in [0.2, 0.25) is 0 Å². The average molecular weight is 663 g/mol. The van der Waals surface area contributed by atoms with Crippen LogP contribution in [0.1, 0.15) is 44.4 Å². The SMILES string of the molecule is C[n+]1cc(-c2ccc3c(c2)CCC(CO/N=C(\C(=O)CC2C(=O)N(OS(=O)(=O)O)C2(C)C)c2csc(N)n2)O3)cn1CCCN. The Labute approximate surface area is 264 Å². The van der Waals surface area contributed by atoms with Gasteiger partial charge in [0.05, 0.1) is 29.8 Å². The zero-order chi connectivity index (χ0) is 32.5. The zero-order valence-corrected chi connectivity index (χ0v) is 26.7. The number of thiazole rings is 1. The Morgan fingerprint density at radius 1 is 1.33 bits per heavy atom. The van der Waals surface area contributed by atoms with Crippen molar-refractivity contribution in [2.24, 2.45) is 23.9 Å². The average Bonchev–Trinajstić information content (AvgIpc) is 3.59. The molecule has 2 atom stereocenters. The van der Waals surface area contributed by atoms with Gasteiger partial charge in [0, 0.05) is 11.8 Å². The summed E-state index contributed by atoms with van der Waals surface area (Å²) in [7, 11) is -2.92. The smallest absolute Gasteiger partial charge is 0.418 e. The van der Waals surface area contributed by atoms with Crippen LogP contribution in [0, 0.1) is 5.92 Å². The molecular weight excluding hydrogens is 626 g/mol. The number of nitrogen functional groups attached to an aromatic ring is 1. The van der Waals surface area contributed by atoms with E-state index in [2.05, 4.69) is 37.6 Å². The van der Waals surface area contributed by atoms with E-state index < -0.39 is 33.5 Å². The number of hydroxylamine groups is 2. The van der Waals surface area contributed by atoms with Gasteiger partial charge < -0.3 is 21.0 Å². The third kappa shape index (κ3) is 7.17. The molecule has 5 N–H and O–H groups in total. The van der Waals surface area contributed by atoms with E-state index in [0.29, 0.717) is 18.0 Å². The lowest BCUT2D eigenvalue weighted by atomic mass is 9.74. The number of β-lactam (4-membered cyclic amide) rings is 1. The van der Waals surface area contributed by atoms with Crippen LogP contribution >= 0.6 is 11.3 Å². The van der Waals surface area contributed by atoms with E-state index in [9.17, 15) is 18.0 Å². The Bertz CT molecular complexity index is 1730. The number of ether oxygens (including phenoxy) is 1. The second kappa shape index (κ2) is 12.8. The molecule has 0 aliphatic carbocycles. The molecule has 5 rings (SSSR count). The Kier molecular flexibility index (Phi) is 9.27. The largest absolute Gasteiger partial charge is 0.486 e. The van der Waals surface area contributed by atoms with Gasteiger partial charge in [-0.1, -0.05) is 11.2 Å². The van der Waals surface area contributed by atoms with E-state index in [1.165, 1.54) is 13.8 Å². The minimum absolute atomic E-state index is 0.0568. The van der Waals surface area contributed by atoms with Crippen molar-refractivity contribution in [1.29, 1.82) is 0 Å². The molecule has 0 bridgehead atoms. The third-order valence-electron chi connectivity index (χ3n) is 7.91. The summed E-state index contributed by atoms with van der Waals surface area (Å²) in [6, 6.07) is 6.08. The molecule has 2 aromatic heterocycles. The molecule has 2 aliphatic heterocycles. The summed E-state index contributed by atoms with van der Waals surface area (Å²) in [5.41, 5.74) is 13.6. The van der Waals surface area contributed by atoms with Gasteiger partial charge in [-0.25, -0.2) is 4.98 Å². The van der Waals surface area contributed by atoms with Gasteiger partial charge in [0.1, 0.15) is 17.5 Å². The first-order valence-corrected chi connectivity index (χ1v) is 16.5. The third-order valence-corrected chi connectivity index (χ3v) is 8.92. The zero-order valence-electron chi connectivity index (χ0n) is 25.1. The summed E-state index contributed by atoms with van der Waals surface area (Å²) in [6.45, 7) is 4.54. The number of anilines is 1. The number of amides is 1. The number of rotatable bonds is 13. The van der Waals surface area contributed by atoms with E-state index >= 15 is 0 Å². The Morgan fingerprint density at radius 2 is 2.11 bits per heavy atom. The van der Waals surface area contributed by atoms with Crippen LogP contribution < -0.4 is 20.9 Å². The van der Waals surface area contributed by atoms with Gasteiger partial charge in [0.15, 0.2) is 30.3 Å². The van der Waals surface area contributed by atoms with E-state index in [0.717, 1.165) is 53.2 Å². The summed E-state index contributed by atoms with van der Waals surface area (Å²) >= 11 is 1.11. The lowest BCUT2D eigenvalue weighted by Crippen LogP contribution is -2.68. The molecule has 3 aromatic rings. The summed E-state index contributed by atoms with van der Waals surface area (Å²) in [5, 5.41) is 6.36. The fraction of sp³-hybridized carbons (Fsp3) is 0.464. The maximum Gasteiger partial charge on any atom is 0.418 e. The van der Waals surface area contributed by atoms with Gasteiger partial charge in [-0.05, 0) is 62.9 Å². The van der Waals surface area contributed by atoms with Crippen molar-refractivity contribution < 1.29 is 41.1 Å². The highest BCUT2D eigenvalue weighted by molar-refractivity contribution is 7.80. The predicted octanol–water partition coefficient (Wildman–Crippen LogP) is 1.41. The van der Waals surface area contributed by atoms with Crippen molar-refractivity contribution in [3.05, 3.63) is 47.2 Å². The summed E-state index contributed by atoms with van der Waals surface area (Å²) in [4.78, 5) is 35.7. The Balaban J connectivity index is 1.23. The molecule has 45 heavy (non-hydrogen) atoms. The van der Waals surface area contributed by atoms with Gasteiger partial charge in [0.25, 0.3) is 5.91 Å². The molecule has 2 aliphatic rings. The van der Waals surface area contributed by atoms with Gasteiger partial charge in [-0.3, -0.25) is 14.1 Å². The first kappa shape index (κ1) is 32.5. The second-order valence-electron chi connectivity index (χ2n) is 11.5. The number of nitrogens with zero attached hydrogens (tertiary/aromatic N) is 5. The van der Waals surface area contributed by atoms with Crippen molar-refractivity contribution in [3.63, 3.8) is 0 Å². The van der Waals surface area contributed by atoms with Crippen LogP contribution in [0.25, 0.3) is 11.1 Å². The topological polar surface area (TPSA) is 206 Å². The molecule has 2 unspecified atom stereocenters. The molecule has 1 saturated heterocycles. The molecule has 242 valence electrons. The Morgan fingerprint density at radius 3 is 2.78 bits per heavy atom. The Hall–Kier alpha value is -3.90. The molecule has 1 amide bonds. The molecule has 15 nitrogen and oxygen atoms in total. The lowest BCUT2D eigenvalue weighted by molar-refractivity contribution is -0.753. The number of aryl methyl sites for hydroxylation is 3. The summed E-state index contributed by atoms with van der Waals surface area (Å²) < 4.78 is 45.9. The van der Waals surface area contributed by atoms with Gasteiger partial charge >= 0.3 is 10.4 Å². The first-order valence-electron chi connectivity index (χ1n) is 14.3. The summed E-state index contributed by atoms with van der Waals surface area (Å²) in [6.07, 6.45) is 5.85. The molecule has 17 heteroatoms. The van der Waals surface area contributed by atoms with Crippen molar-refractivity contribution in [1.82, 2.24) is 14.7 Å². The van der Waals surface area contributed by atoms with E-state index in [-0.39, 0.29) is 35.7 Å². The number of benzene rings is 1. The molecule has 1 fully saturated rings. The number of nitrogens with two attached hydrogens (primary N) is 2. The number of aromatic nitrogens is 3. The van der Waals surface area contributed by atoms with E-state index in [4.69, 9.17) is 25.6 Å². The quantitative estimate of drug-likeness (QED) is 0.0784. The number of ketones is 1. The predicted molar refractivity (Wildman–Crippen MR) is 163 cm³/mol. The number of Topliss-reactive ketones (excluding diaryl/α,β-unsaturated/α-hetero) is 1. The maximum atomic E-state index is 13.3. The van der Waals surface area contributed by atoms with Crippen molar-refractivity contribution in [2.75, 3.05) is 18.9 Å². The number of oxime groups is 1. The molecule has 4 heterocycles. The van der Waals surface area contributed by atoms with Crippen molar-refractivity contribution in [2.45, 2.75) is 57.7 Å². The van der Waals surface area contributed by atoms with Gasteiger partial charge in [-0.2, -0.15) is 18.2 Å². The van der Waals surface area contributed by atoms with Crippen molar-refractivity contribution in [3.8, 4) is 16.9 Å². The number of carbonyl (C=O) groups is 2. The van der Waals surface area contributed by atoms with Crippen LogP contribution in [0.15, 0.2) is 41.1 Å². The fourth-order valence-electron chi connectivity index (χ4n) is 5.40. The monoisotopic (exact) mass is 662 g/mol. The summed E-state index contributed by atoms with van der Waals surface area (Å²) in [5.74, 6) is -1.53. The first-order chi connectivity index (χ1) is 21.3.